The molecule has 2 aliphatic rings. The van der Waals surface area contributed by atoms with Crippen LogP contribution in [0.3, 0.4) is 0 Å². The molecule has 2 aromatic rings. The summed E-state index contributed by atoms with van der Waals surface area (Å²) in [6, 6.07) is 10.7. The number of hydrogen-bond donors (Lipinski definition) is 1. The number of amides is 1. The fourth-order valence-electron chi connectivity index (χ4n) is 4.15. The number of nitrogens with zero attached hydrogens (tertiary/aromatic N) is 1. The second kappa shape index (κ2) is 7.48. The van der Waals surface area contributed by atoms with Crippen molar-refractivity contribution in [3.8, 4) is 0 Å². The first-order valence-electron chi connectivity index (χ1n) is 9.31. The molecule has 2 aliphatic heterocycles. The van der Waals surface area contributed by atoms with E-state index >= 15 is 0 Å². The highest BCUT2D eigenvalue weighted by atomic mass is 16.5. The van der Waals surface area contributed by atoms with Crippen LogP contribution in [-0.2, 0) is 14.3 Å². The normalized spacial score (nSPS) is 26.0. The minimum absolute atomic E-state index is 0.0468. The van der Waals surface area contributed by atoms with Crippen LogP contribution in [0.15, 0.2) is 48.8 Å². The second-order valence-electron chi connectivity index (χ2n) is 6.91. The molecule has 3 heterocycles. The average Bonchev–Trinajstić information content (AvgIpc) is 3.31. The SMILES string of the molecule is CCOC(=O)c1ccc(NC(=O)[C@@H]2[C@@H](c3ccncc3)[C@@H]3CC[C@H]2O3)cc1. The van der Waals surface area contributed by atoms with E-state index < -0.39 is 0 Å². The van der Waals surface area contributed by atoms with Gasteiger partial charge >= 0.3 is 5.97 Å². The van der Waals surface area contributed by atoms with Gasteiger partial charge in [0.25, 0.3) is 0 Å². The zero-order chi connectivity index (χ0) is 18.8. The number of rotatable bonds is 5. The van der Waals surface area contributed by atoms with Crippen LogP contribution in [0.25, 0.3) is 0 Å². The van der Waals surface area contributed by atoms with Gasteiger partial charge in [-0.2, -0.15) is 0 Å². The predicted octanol–water partition coefficient (Wildman–Crippen LogP) is 3.16. The van der Waals surface area contributed by atoms with Crippen molar-refractivity contribution in [3.05, 3.63) is 59.9 Å². The fourth-order valence-corrected chi connectivity index (χ4v) is 4.15. The summed E-state index contributed by atoms with van der Waals surface area (Å²) < 4.78 is 11.0. The van der Waals surface area contributed by atoms with E-state index in [1.165, 1.54) is 0 Å². The molecular weight excluding hydrogens is 344 g/mol. The molecule has 0 aliphatic carbocycles. The van der Waals surface area contributed by atoms with E-state index in [4.69, 9.17) is 9.47 Å². The first-order valence-corrected chi connectivity index (χ1v) is 9.31. The Balaban J connectivity index is 1.49. The molecule has 27 heavy (non-hydrogen) atoms. The lowest BCUT2D eigenvalue weighted by molar-refractivity contribution is -0.121. The third-order valence-corrected chi connectivity index (χ3v) is 5.33. The van der Waals surface area contributed by atoms with Crippen LogP contribution in [0.4, 0.5) is 5.69 Å². The van der Waals surface area contributed by atoms with Gasteiger partial charge in [-0.1, -0.05) is 0 Å². The number of aromatic nitrogens is 1. The maximum Gasteiger partial charge on any atom is 0.338 e. The Morgan fingerprint density at radius 1 is 1.11 bits per heavy atom. The van der Waals surface area contributed by atoms with Crippen molar-refractivity contribution in [1.82, 2.24) is 4.98 Å². The second-order valence-corrected chi connectivity index (χ2v) is 6.91. The number of benzene rings is 1. The zero-order valence-electron chi connectivity index (χ0n) is 15.1. The number of fused-ring (bicyclic) bond motifs is 2. The number of pyridine rings is 1. The van der Waals surface area contributed by atoms with Gasteiger partial charge in [-0.25, -0.2) is 4.79 Å². The van der Waals surface area contributed by atoms with Crippen LogP contribution in [0.2, 0.25) is 0 Å². The van der Waals surface area contributed by atoms with Crippen LogP contribution < -0.4 is 5.32 Å². The monoisotopic (exact) mass is 366 g/mol. The van der Waals surface area contributed by atoms with Crippen molar-refractivity contribution in [2.24, 2.45) is 5.92 Å². The minimum atomic E-state index is -0.366. The van der Waals surface area contributed by atoms with Crippen LogP contribution in [0, 0.1) is 5.92 Å². The molecule has 0 unspecified atom stereocenters. The van der Waals surface area contributed by atoms with Crippen LogP contribution >= 0.6 is 0 Å². The Bertz CT molecular complexity index is 822. The van der Waals surface area contributed by atoms with E-state index in [9.17, 15) is 9.59 Å². The van der Waals surface area contributed by atoms with Crippen molar-refractivity contribution in [1.29, 1.82) is 0 Å². The lowest BCUT2D eigenvalue weighted by Crippen LogP contribution is -2.36. The highest BCUT2D eigenvalue weighted by Gasteiger charge is 2.52. The maximum absolute atomic E-state index is 13.0. The highest BCUT2D eigenvalue weighted by Crippen LogP contribution is 2.49. The minimum Gasteiger partial charge on any atom is -0.462 e. The van der Waals surface area contributed by atoms with E-state index in [2.05, 4.69) is 10.3 Å². The number of carbonyl (C=O) groups excluding carboxylic acids is 2. The molecule has 2 fully saturated rings. The summed E-state index contributed by atoms with van der Waals surface area (Å²) in [7, 11) is 0. The van der Waals surface area contributed by atoms with Crippen LogP contribution in [0.1, 0.15) is 41.6 Å². The smallest absolute Gasteiger partial charge is 0.338 e. The van der Waals surface area contributed by atoms with Crippen molar-refractivity contribution >= 4 is 17.6 Å². The van der Waals surface area contributed by atoms with Crippen molar-refractivity contribution in [2.45, 2.75) is 37.9 Å². The number of anilines is 1. The molecule has 140 valence electrons. The predicted molar refractivity (Wildman–Crippen MR) is 99.4 cm³/mol. The molecule has 4 rings (SSSR count). The number of hydrogen-bond acceptors (Lipinski definition) is 5. The number of ether oxygens (including phenoxy) is 2. The summed E-state index contributed by atoms with van der Waals surface area (Å²) in [6.45, 7) is 2.10. The Hall–Kier alpha value is -2.73. The quantitative estimate of drug-likeness (QED) is 0.823. The third-order valence-electron chi connectivity index (χ3n) is 5.33. The Morgan fingerprint density at radius 2 is 1.81 bits per heavy atom. The van der Waals surface area contributed by atoms with Crippen molar-refractivity contribution < 1.29 is 19.1 Å². The van der Waals surface area contributed by atoms with E-state index in [-0.39, 0.29) is 35.9 Å². The van der Waals surface area contributed by atoms with Crippen LogP contribution in [0.5, 0.6) is 0 Å². The Morgan fingerprint density at radius 3 is 2.52 bits per heavy atom. The topological polar surface area (TPSA) is 77.5 Å². The van der Waals surface area contributed by atoms with E-state index in [1.54, 1.807) is 43.6 Å². The first kappa shape index (κ1) is 17.7. The zero-order valence-corrected chi connectivity index (χ0v) is 15.1. The van der Waals surface area contributed by atoms with Crippen molar-refractivity contribution in [3.63, 3.8) is 0 Å². The molecule has 0 spiro atoms. The summed E-state index contributed by atoms with van der Waals surface area (Å²) in [5.41, 5.74) is 2.21. The van der Waals surface area contributed by atoms with Gasteiger partial charge < -0.3 is 14.8 Å². The molecule has 0 saturated carbocycles. The molecule has 2 saturated heterocycles. The molecule has 4 atom stereocenters. The number of nitrogens with one attached hydrogen (secondary N) is 1. The molecule has 0 radical (unpaired) electrons. The van der Waals surface area contributed by atoms with E-state index in [0.29, 0.717) is 17.9 Å². The maximum atomic E-state index is 13.0. The Labute approximate surface area is 157 Å². The molecule has 1 aromatic carbocycles. The van der Waals surface area contributed by atoms with Gasteiger partial charge in [0, 0.05) is 24.0 Å². The highest BCUT2D eigenvalue weighted by molar-refractivity contribution is 5.95. The van der Waals surface area contributed by atoms with Gasteiger partial charge in [-0.15, -0.1) is 0 Å². The average molecular weight is 366 g/mol. The summed E-state index contributed by atoms with van der Waals surface area (Å²) >= 11 is 0. The third kappa shape index (κ3) is 3.45. The molecule has 1 amide bonds. The molecule has 1 N–H and O–H groups in total. The first-order chi connectivity index (χ1) is 13.2. The van der Waals surface area contributed by atoms with Gasteiger partial charge in [0.1, 0.15) is 0 Å². The van der Waals surface area contributed by atoms with E-state index in [0.717, 1.165) is 18.4 Å². The standard InChI is InChI=1S/C21H22N2O4/c1-2-26-21(25)14-3-5-15(6-4-14)23-20(24)19-17-8-7-16(27-17)18(19)13-9-11-22-12-10-13/h3-6,9-12,16-19H,2,7-8H2,1H3,(H,23,24)/t16-,17+,18-,19-/m0/s1. The summed E-state index contributed by atoms with van der Waals surface area (Å²) in [4.78, 5) is 28.8. The molecule has 6 nitrogen and oxygen atoms in total. The lowest BCUT2D eigenvalue weighted by atomic mass is 9.75. The molecule has 1 aromatic heterocycles. The fraction of sp³-hybridized carbons (Fsp3) is 0.381. The molecule has 6 heteroatoms. The van der Waals surface area contributed by atoms with Gasteiger partial charge in [-0.3, -0.25) is 9.78 Å². The van der Waals surface area contributed by atoms with Gasteiger partial charge in [-0.05, 0) is 61.7 Å². The summed E-state index contributed by atoms with van der Waals surface area (Å²) in [5, 5.41) is 2.98. The number of esters is 1. The largest absolute Gasteiger partial charge is 0.462 e. The van der Waals surface area contributed by atoms with Gasteiger partial charge in [0.05, 0.1) is 30.3 Å². The molecule has 2 bridgehead atoms. The van der Waals surface area contributed by atoms with Crippen LogP contribution in [-0.4, -0.2) is 35.7 Å². The lowest BCUT2D eigenvalue weighted by Gasteiger charge is -2.27. The summed E-state index contributed by atoms with van der Waals surface area (Å²) in [5.74, 6) is -0.594. The van der Waals surface area contributed by atoms with E-state index in [1.807, 2.05) is 12.1 Å². The Kier molecular flexibility index (Phi) is 4.90. The van der Waals surface area contributed by atoms with Crippen molar-refractivity contribution in [2.75, 3.05) is 11.9 Å². The van der Waals surface area contributed by atoms with Gasteiger partial charge in [0.2, 0.25) is 5.91 Å². The summed E-state index contributed by atoms with van der Waals surface area (Å²) in [6.07, 6.45) is 5.43. The number of carbonyl (C=O) groups is 2. The van der Waals surface area contributed by atoms with Gasteiger partial charge in [0.15, 0.2) is 0 Å². The molecular formula is C21H22N2O4.